The molecule has 0 bridgehead atoms. The van der Waals surface area contributed by atoms with Gasteiger partial charge in [-0.2, -0.15) is 0 Å². The zero-order chi connectivity index (χ0) is 14.0. The Hall–Kier alpha value is -2.16. The summed E-state index contributed by atoms with van der Waals surface area (Å²) in [5, 5.41) is 0. The van der Waals surface area contributed by atoms with Crippen LogP contribution in [0.5, 0.6) is 5.75 Å². The van der Waals surface area contributed by atoms with Gasteiger partial charge in [0.2, 0.25) is 0 Å². The van der Waals surface area contributed by atoms with E-state index in [2.05, 4.69) is 0 Å². The van der Waals surface area contributed by atoms with E-state index in [4.69, 9.17) is 4.74 Å². The molecule has 19 heavy (non-hydrogen) atoms. The van der Waals surface area contributed by atoms with E-state index in [1.54, 1.807) is 0 Å². The van der Waals surface area contributed by atoms with Gasteiger partial charge in [0, 0.05) is 0 Å². The molecular weight excluding hydrogens is 243 g/mol. The van der Waals surface area contributed by atoms with Crippen molar-refractivity contribution in [2.45, 2.75) is 20.8 Å². The lowest BCUT2D eigenvalue weighted by Gasteiger charge is -2.11. The molecule has 0 heterocycles. The van der Waals surface area contributed by atoms with Crippen molar-refractivity contribution >= 4 is 5.97 Å². The summed E-state index contributed by atoms with van der Waals surface area (Å²) in [4.78, 5) is 12.0. The van der Waals surface area contributed by atoms with Crippen molar-refractivity contribution < 1.29 is 13.9 Å². The van der Waals surface area contributed by atoms with E-state index in [1.807, 2.05) is 32.9 Å². The molecule has 0 aliphatic heterocycles. The molecule has 2 nitrogen and oxygen atoms in total. The predicted molar refractivity (Wildman–Crippen MR) is 72.0 cm³/mol. The molecule has 0 aromatic heterocycles. The summed E-state index contributed by atoms with van der Waals surface area (Å²) in [5.74, 6) is -0.457. The van der Waals surface area contributed by atoms with Crippen LogP contribution >= 0.6 is 0 Å². The Morgan fingerprint density at radius 1 is 1.05 bits per heavy atom. The molecular formula is C16H15FO2. The highest BCUT2D eigenvalue weighted by Crippen LogP contribution is 2.25. The summed E-state index contributed by atoms with van der Waals surface area (Å²) < 4.78 is 18.4. The number of esters is 1. The number of carbonyl (C=O) groups excluding carboxylic acids is 1. The molecule has 0 saturated heterocycles. The van der Waals surface area contributed by atoms with E-state index >= 15 is 0 Å². The van der Waals surface area contributed by atoms with Crippen molar-refractivity contribution in [2.75, 3.05) is 0 Å². The first kappa shape index (κ1) is 13.3. The molecule has 0 fully saturated rings. The monoisotopic (exact) mass is 258 g/mol. The van der Waals surface area contributed by atoms with Crippen molar-refractivity contribution in [3.8, 4) is 5.75 Å². The zero-order valence-corrected chi connectivity index (χ0v) is 11.2. The Labute approximate surface area is 111 Å². The Bertz CT molecular complexity index is 609. The van der Waals surface area contributed by atoms with Crippen LogP contribution in [-0.2, 0) is 0 Å². The highest BCUT2D eigenvalue weighted by atomic mass is 19.1. The number of aryl methyl sites for hydroxylation is 3. The lowest BCUT2D eigenvalue weighted by Crippen LogP contribution is -2.10. The number of benzene rings is 2. The standard InChI is InChI=1S/C16H15FO2/c1-10-7-11(2)15(12(3)8-10)19-16(18)13-5-4-6-14(17)9-13/h4-9H,1-3H3. The zero-order valence-electron chi connectivity index (χ0n) is 11.2. The average molecular weight is 258 g/mol. The van der Waals surface area contributed by atoms with Crippen LogP contribution in [0.15, 0.2) is 36.4 Å². The van der Waals surface area contributed by atoms with Gasteiger partial charge in [-0.05, 0) is 50.1 Å². The maximum Gasteiger partial charge on any atom is 0.343 e. The third kappa shape index (κ3) is 2.99. The summed E-state index contributed by atoms with van der Waals surface area (Å²) in [6.45, 7) is 5.75. The van der Waals surface area contributed by atoms with Crippen LogP contribution < -0.4 is 4.74 Å². The van der Waals surface area contributed by atoms with Crippen molar-refractivity contribution in [3.63, 3.8) is 0 Å². The van der Waals surface area contributed by atoms with E-state index in [9.17, 15) is 9.18 Å². The smallest absolute Gasteiger partial charge is 0.343 e. The summed E-state index contributed by atoms with van der Waals surface area (Å²) in [7, 11) is 0. The second kappa shape index (κ2) is 5.22. The normalized spacial score (nSPS) is 10.3. The summed E-state index contributed by atoms with van der Waals surface area (Å²) in [5.41, 5.74) is 3.10. The fourth-order valence-electron chi connectivity index (χ4n) is 2.09. The molecule has 0 atom stereocenters. The van der Waals surface area contributed by atoms with Gasteiger partial charge in [-0.3, -0.25) is 0 Å². The molecule has 0 amide bonds. The first-order chi connectivity index (χ1) is 8.97. The van der Waals surface area contributed by atoms with Gasteiger partial charge in [0.1, 0.15) is 11.6 Å². The maximum absolute atomic E-state index is 13.1. The lowest BCUT2D eigenvalue weighted by atomic mass is 10.1. The Morgan fingerprint density at radius 2 is 1.68 bits per heavy atom. The summed E-state index contributed by atoms with van der Waals surface area (Å²) in [6.07, 6.45) is 0. The summed E-state index contributed by atoms with van der Waals surface area (Å²) >= 11 is 0. The van der Waals surface area contributed by atoms with E-state index < -0.39 is 11.8 Å². The van der Waals surface area contributed by atoms with Crippen molar-refractivity contribution in [1.29, 1.82) is 0 Å². The first-order valence-electron chi connectivity index (χ1n) is 6.03. The number of rotatable bonds is 2. The largest absolute Gasteiger partial charge is 0.422 e. The summed E-state index contributed by atoms with van der Waals surface area (Å²) in [6, 6.07) is 9.37. The number of carbonyl (C=O) groups is 1. The maximum atomic E-state index is 13.1. The van der Waals surface area contributed by atoms with E-state index in [0.717, 1.165) is 16.7 Å². The second-order valence-electron chi connectivity index (χ2n) is 4.63. The number of ether oxygens (including phenoxy) is 1. The minimum absolute atomic E-state index is 0.208. The number of hydrogen-bond donors (Lipinski definition) is 0. The third-order valence-corrected chi connectivity index (χ3v) is 2.86. The van der Waals surface area contributed by atoms with Gasteiger partial charge >= 0.3 is 5.97 Å². The number of halogens is 1. The molecule has 0 aliphatic rings. The van der Waals surface area contributed by atoms with Crippen LogP contribution in [0.2, 0.25) is 0 Å². The average Bonchev–Trinajstić information content (AvgIpc) is 2.33. The minimum atomic E-state index is -0.547. The first-order valence-corrected chi connectivity index (χ1v) is 6.03. The second-order valence-corrected chi connectivity index (χ2v) is 4.63. The molecule has 0 saturated carbocycles. The van der Waals surface area contributed by atoms with Gasteiger partial charge in [-0.1, -0.05) is 23.8 Å². The van der Waals surface area contributed by atoms with Gasteiger partial charge < -0.3 is 4.74 Å². The van der Waals surface area contributed by atoms with Crippen molar-refractivity contribution in [2.24, 2.45) is 0 Å². The molecule has 3 heteroatoms. The van der Waals surface area contributed by atoms with Gasteiger partial charge in [0.05, 0.1) is 5.56 Å². The Morgan fingerprint density at radius 3 is 2.26 bits per heavy atom. The molecule has 0 radical (unpaired) electrons. The van der Waals surface area contributed by atoms with E-state index in [-0.39, 0.29) is 5.56 Å². The van der Waals surface area contributed by atoms with Crippen molar-refractivity contribution in [1.82, 2.24) is 0 Å². The minimum Gasteiger partial charge on any atom is -0.422 e. The highest BCUT2D eigenvalue weighted by molar-refractivity contribution is 5.91. The molecule has 2 aromatic rings. The number of hydrogen-bond acceptors (Lipinski definition) is 2. The molecule has 0 N–H and O–H groups in total. The van der Waals surface area contributed by atoms with Gasteiger partial charge in [0.25, 0.3) is 0 Å². The topological polar surface area (TPSA) is 26.3 Å². The fourth-order valence-corrected chi connectivity index (χ4v) is 2.09. The van der Waals surface area contributed by atoms with Crippen LogP contribution in [0.3, 0.4) is 0 Å². The molecule has 2 aromatic carbocycles. The molecule has 0 spiro atoms. The van der Waals surface area contributed by atoms with E-state index in [0.29, 0.717) is 5.75 Å². The van der Waals surface area contributed by atoms with Gasteiger partial charge in [-0.15, -0.1) is 0 Å². The third-order valence-electron chi connectivity index (χ3n) is 2.86. The van der Waals surface area contributed by atoms with Crippen LogP contribution in [0.25, 0.3) is 0 Å². The highest BCUT2D eigenvalue weighted by Gasteiger charge is 2.13. The predicted octanol–water partition coefficient (Wildman–Crippen LogP) is 3.97. The molecule has 98 valence electrons. The lowest BCUT2D eigenvalue weighted by molar-refractivity contribution is 0.0731. The molecule has 2 rings (SSSR count). The van der Waals surface area contributed by atoms with E-state index in [1.165, 1.54) is 24.3 Å². The van der Waals surface area contributed by atoms with Crippen LogP contribution in [0, 0.1) is 26.6 Å². The molecule has 0 unspecified atom stereocenters. The fraction of sp³-hybridized carbons (Fsp3) is 0.188. The SMILES string of the molecule is Cc1cc(C)c(OC(=O)c2cccc(F)c2)c(C)c1. The van der Waals surface area contributed by atoms with Crippen molar-refractivity contribution in [3.05, 3.63) is 64.5 Å². The quantitative estimate of drug-likeness (QED) is 0.601. The van der Waals surface area contributed by atoms with Gasteiger partial charge in [-0.25, -0.2) is 9.18 Å². The van der Waals surface area contributed by atoms with Gasteiger partial charge in [0.15, 0.2) is 0 Å². The van der Waals surface area contributed by atoms with Crippen LogP contribution in [0.1, 0.15) is 27.0 Å². The Balaban J connectivity index is 2.29. The van der Waals surface area contributed by atoms with Crippen LogP contribution in [0.4, 0.5) is 4.39 Å². The molecule has 0 aliphatic carbocycles. The van der Waals surface area contributed by atoms with Crippen LogP contribution in [-0.4, -0.2) is 5.97 Å². The Kier molecular flexibility index (Phi) is 3.65.